The molecular weight excluding hydrogens is 204 g/mol. The highest BCUT2D eigenvalue weighted by Crippen LogP contribution is 2.41. The molecule has 104 valence electrons. The smallest absolute Gasteiger partial charge is 0.0383 e. The van der Waals surface area contributed by atoms with E-state index in [1.165, 1.54) is 32.1 Å². The molecular formula is C17H36. The predicted molar refractivity (Wildman–Crippen MR) is 80.3 cm³/mol. The van der Waals surface area contributed by atoms with Crippen molar-refractivity contribution in [1.82, 2.24) is 0 Å². The van der Waals surface area contributed by atoms with Gasteiger partial charge < -0.3 is 0 Å². The summed E-state index contributed by atoms with van der Waals surface area (Å²) >= 11 is 0. The van der Waals surface area contributed by atoms with Crippen molar-refractivity contribution in [1.29, 1.82) is 0 Å². The molecule has 0 heterocycles. The zero-order chi connectivity index (χ0) is 13.4. The molecule has 17 heavy (non-hydrogen) atoms. The minimum absolute atomic E-state index is 0.889. The minimum atomic E-state index is 0.889. The van der Waals surface area contributed by atoms with Crippen LogP contribution in [-0.2, 0) is 0 Å². The van der Waals surface area contributed by atoms with Gasteiger partial charge in [-0.1, -0.05) is 54.9 Å². The quantitative estimate of drug-likeness (QED) is 0.552. The van der Waals surface area contributed by atoms with E-state index in [-0.39, 0.29) is 0 Å². The molecule has 1 rings (SSSR count). The Labute approximate surface area is 111 Å². The monoisotopic (exact) mass is 240 g/mol. The third-order valence-electron chi connectivity index (χ3n) is 4.42. The molecule has 1 saturated carbocycles. The summed E-state index contributed by atoms with van der Waals surface area (Å²) in [5.41, 5.74) is 0. The third-order valence-corrected chi connectivity index (χ3v) is 4.42. The van der Waals surface area contributed by atoms with Crippen LogP contribution in [0.5, 0.6) is 0 Å². The first-order valence-corrected chi connectivity index (χ1v) is 8.04. The first-order valence-electron chi connectivity index (χ1n) is 8.04. The average Bonchev–Trinajstić information content (AvgIpc) is 2.31. The summed E-state index contributed by atoms with van der Waals surface area (Å²) in [6.45, 7) is 15.9. The van der Waals surface area contributed by atoms with Crippen molar-refractivity contribution in [2.45, 2.75) is 80.6 Å². The van der Waals surface area contributed by atoms with Gasteiger partial charge in [-0.15, -0.1) is 0 Å². The zero-order valence-corrected chi connectivity index (χ0v) is 13.4. The second-order valence-electron chi connectivity index (χ2n) is 6.38. The van der Waals surface area contributed by atoms with Gasteiger partial charge in [0.25, 0.3) is 0 Å². The maximum Gasteiger partial charge on any atom is -0.0383 e. The van der Waals surface area contributed by atoms with Crippen LogP contribution >= 0.6 is 0 Å². The normalized spacial score (nSPS) is 29.1. The second-order valence-corrected chi connectivity index (χ2v) is 6.38. The van der Waals surface area contributed by atoms with E-state index >= 15 is 0 Å². The molecule has 3 unspecified atom stereocenters. The highest BCUT2D eigenvalue weighted by atomic mass is 14.4. The molecule has 0 bridgehead atoms. The Bertz CT molecular complexity index is 169. The van der Waals surface area contributed by atoms with E-state index in [4.69, 9.17) is 0 Å². The molecule has 0 aromatic carbocycles. The van der Waals surface area contributed by atoms with Gasteiger partial charge in [0.05, 0.1) is 0 Å². The summed E-state index contributed by atoms with van der Waals surface area (Å²) < 4.78 is 0. The summed E-state index contributed by atoms with van der Waals surface area (Å²) in [7, 11) is 0. The lowest BCUT2D eigenvalue weighted by molar-refractivity contribution is 0.127. The summed E-state index contributed by atoms with van der Waals surface area (Å²) in [4.78, 5) is 0. The van der Waals surface area contributed by atoms with Crippen LogP contribution in [0.4, 0.5) is 0 Å². The highest BCUT2D eigenvalue weighted by Gasteiger charge is 2.30. The molecule has 0 saturated heterocycles. The Kier molecular flexibility index (Phi) is 9.00. The Hall–Kier alpha value is 0. The molecule has 0 aliphatic heterocycles. The molecule has 1 aliphatic rings. The van der Waals surface area contributed by atoms with E-state index in [0.717, 1.165) is 29.6 Å². The van der Waals surface area contributed by atoms with Gasteiger partial charge in [-0.3, -0.25) is 0 Å². The average molecular weight is 240 g/mol. The summed E-state index contributed by atoms with van der Waals surface area (Å²) in [6, 6.07) is 0. The molecule has 0 aromatic heterocycles. The summed E-state index contributed by atoms with van der Waals surface area (Å²) in [5.74, 6) is 4.86. The lowest BCUT2D eigenvalue weighted by atomic mass is 9.68. The number of hydrogen-bond acceptors (Lipinski definition) is 0. The lowest BCUT2D eigenvalue weighted by Gasteiger charge is -2.38. The van der Waals surface area contributed by atoms with Crippen LogP contribution < -0.4 is 0 Å². The molecule has 0 heteroatoms. The second kappa shape index (κ2) is 9.00. The minimum Gasteiger partial charge on any atom is -0.0683 e. The van der Waals surface area contributed by atoms with E-state index in [1.807, 2.05) is 13.8 Å². The van der Waals surface area contributed by atoms with Gasteiger partial charge in [-0.2, -0.15) is 0 Å². The standard InChI is InChI=1S/C15H30.C2H6/c1-6-13-10-14(12(4)5)7-8-15(13)9-11(2)3;1-2/h11-15H,6-10H2,1-5H3;1-2H3. The van der Waals surface area contributed by atoms with Crippen molar-refractivity contribution in [2.75, 3.05) is 0 Å². The molecule has 3 atom stereocenters. The van der Waals surface area contributed by atoms with Crippen molar-refractivity contribution >= 4 is 0 Å². The van der Waals surface area contributed by atoms with Gasteiger partial charge in [0.15, 0.2) is 0 Å². The fourth-order valence-electron chi connectivity index (χ4n) is 3.38. The van der Waals surface area contributed by atoms with Crippen molar-refractivity contribution in [3.05, 3.63) is 0 Å². The SMILES string of the molecule is CC.CCC1CC(C(C)C)CCC1CC(C)C. The number of hydrogen-bond donors (Lipinski definition) is 0. The maximum atomic E-state index is 2.40. The van der Waals surface area contributed by atoms with Crippen LogP contribution in [-0.4, -0.2) is 0 Å². The van der Waals surface area contributed by atoms with Gasteiger partial charge in [-0.05, 0) is 55.3 Å². The maximum absolute atomic E-state index is 2.40. The van der Waals surface area contributed by atoms with Crippen LogP contribution in [0.3, 0.4) is 0 Å². The van der Waals surface area contributed by atoms with E-state index in [2.05, 4.69) is 34.6 Å². The van der Waals surface area contributed by atoms with Crippen molar-refractivity contribution < 1.29 is 0 Å². The fraction of sp³-hybridized carbons (Fsp3) is 1.00. The van der Waals surface area contributed by atoms with E-state index < -0.39 is 0 Å². The Balaban J connectivity index is 0.00000121. The van der Waals surface area contributed by atoms with Gasteiger partial charge in [0.1, 0.15) is 0 Å². The molecule has 1 fully saturated rings. The predicted octanol–water partition coefficient (Wildman–Crippen LogP) is 6.16. The molecule has 0 N–H and O–H groups in total. The topological polar surface area (TPSA) is 0 Å². The Morgan fingerprint density at radius 3 is 1.94 bits per heavy atom. The van der Waals surface area contributed by atoms with Crippen molar-refractivity contribution in [2.24, 2.45) is 29.6 Å². The molecule has 0 amide bonds. The first-order chi connectivity index (χ1) is 8.04. The van der Waals surface area contributed by atoms with Crippen LogP contribution in [0.15, 0.2) is 0 Å². The largest absolute Gasteiger partial charge is 0.0683 e. The molecule has 0 nitrogen and oxygen atoms in total. The molecule has 0 spiro atoms. The van der Waals surface area contributed by atoms with Gasteiger partial charge in [0.2, 0.25) is 0 Å². The molecule has 1 aliphatic carbocycles. The fourth-order valence-corrected chi connectivity index (χ4v) is 3.38. The van der Waals surface area contributed by atoms with Crippen LogP contribution in [0, 0.1) is 29.6 Å². The zero-order valence-electron chi connectivity index (χ0n) is 13.4. The van der Waals surface area contributed by atoms with Gasteiger partial charge in [0, 0.05) is 0 Å². The molecule has 0 radical (unpaired) electrons. The lowest BCUT2D eigenvalue weighted by Crippen LogP contribution is -2.28. The van der Waals surface area contributed by atoms with E-state index in [1.54, 1.807) is 0 Å². The Morgan fingerprint density at radius 1 is 0.941 bits per heavy atom. The first kappa shape index (κ1) is 17.0. The summed E-state index contributed by atoms with van der Waals surface area (Å²) in [5, 5.41) is 0. The summed E-state index contributed by atoms with van der Waals surface area (Å²) in [6.07, 6.45) is 7.36. The molecule has 0 aromatic rings. The van der Waals surface area contributed by atoms with Gasteiger partial charge in [-0.25, -0.2) is 0 Å². The van der Waals surface area contributed by atoms with E-state index in [0.29, 0.717) is 0 Å². The van der Waals surface area contributed by atoms with Crippen LogP contribution in [0.25, 0.3) is 0 Å². The van der Waals surface area contributed by atoms with Crippen molar-refractivity contribution in [3.63, 3.8) is 0 Å². The third kappa shape index (κ3) is 5.93. The van der Waals surface area contributed by atoms with Crippen LogP contribution in [0.2, 0.25) is 0 Å². The van der Waals surface area contributed by atoms with E-state index in [9.17, 15) is 0 Å². The van der Waals surface area contributed by atoms with Crippen molar-refractivity contribution in [3.8, 4) is 0 Å². The Morgan fingerprint density at radius 2 is 1.53 bits per heavy atom. The van der Waals surface area contributed by atoms with Crippen LogP contribution in [0.1, 0.15) is 80.6 Å². The highest BCUT2D eigenvalue weighted by molar-refractivity contribution is 4.81. The van der Waals surface area contributed by atoms with Gasteiger partial charge >= 0.3 is 0 Å². The number of rotatable bonds is 4.